The molecule has 1 saturated heterocycles. The Balaban J connectivity index is 1.24. The van der Waals surface area contributed by atoms with Crippen LogP contribution in [-0.4, -0.2) is 49.5 Å². The third-order valence-corrected chi connectivity index (χ3v) is 6.62. The van der Waals surface area contributed by atoms with Crippen molar-refractivity contribution in [2.75, 3.05) is 42.6 Å². The van der Waals surface area contributed by atoms with Crippen LogP contribution in [0.2, 0.25) is 0 Å². The zero-order valence-electron chi connectivity index (χ0n) is 19.7. The Morgan fingerprint density at radius 3 is 2.35 bits per heavy atom. The zero-order chi connectivity index (χ0) is 23.7. The predicted molar refractivity (Wildman–Crippen MR) is 134 cm³/mol. The number of piperazine rings is 1. The van der Waals surface area contributed by atoms with Crippen LogP contribution < -0.4 is 14.5 Å². The van der Waals surface area contributed by atoms with E-state index in [2.05, 4.69) is 36.1 Å². The molecule has 0 saturated carbocycles. The summed E-state index contributed by atoms with van der Waals surface area (Å²) < 4.78 is 5.57. The number of fused-ring (bicyclic) bond motifs is 1. The van der Waals surface area contributed by atoms with Crippen molar-refractivity contribution >= 4 is 23.2 Å². The van der Waals surface area contributed by atoms with Crippen LogP contribution in [0.25, 0.3) is 0 Å². The first-order valence-corrected chi connectivity index (χ1v) is 11.7. The average molecular weight is 456 g/mol. The molecule has 2 heterocycles. The summed E-state index contributed by atoms with van der Waals surface area (Å²) in [7, 11) is 0. The number of carbonyl (C=O) groups is 2. The molecule has 3 aromatic carbocycles. The first-order chi connectivity index (χ1) is 16.5. The highest BCUT2D eigenvalue weighted by molar-refractivity contribution is 5.98. The molecule has 3 aromatic rings. The second-order valence-corrected chi connectivity index (χ2v) is 9.00. The molecule has 1 fully saturated rings. The van der Waals surface area contributed by atoms with Gasteiger partial charge in [0.2, 0.25) is 0 Å². The van der Waals surface area contributed by atoms with Crippen LogP contribution in [0.15, 0.2) is 66.7 Å². The van der Waals surface area contributed by atoms with Crippen molar-refractivity contribution in [3.63, 3.8) is 0 Å². The van der Waals surface area contributed by atoms with Crippen LogP contribution in [0.3, 0.4) is 0 Å². The molecule has 2 aliphatic heterocycles. The van der Waals surface area contributed by atoms with E-state index >= 15 is 0 Å². The van der Waals surface area contributed by atoms with Crippen molar-refractivity contribution < 1.29 is 14.3 Å². The molecule has 2 amide bonds. The van der Waals surface area contributed by atoms with Gasteiger partial charge in [-0.15, -0.1) is 0 Å². The highest BCUT2D eigenvalue weighted by atomic mass is 16.5. The lowest BCUT2D eigenvalue weighted by atomic mass is 10.1. The van der Waals surface area contributed by atoms with Crippen LogP contribution in [0, 0.1) is 13.8 Å². The predicted octanol–water partition coefficient (Wildman–Crippen LogP) is 4.19. The van der Waals surface area contributed by atoms with E-state index in [1.807, 2.05) is 54.3 Å². The van der Waals surface area contributed by atoms with Gasteiger partial charge < -0.3 is 19.4 Å². The van der Waals surface area contributed by atoms with Gasteiger partial charge in [0.05, 0.1) is 12.2 Å². The highest BCUT2D eigenvalue weighted by Gasteiger charge is 2.26. The zero-order valence-corrected chi connectivity index (χ0v) is 19.7. The van der Waals surface area contributed by atoms with E-state index < -0.39 is 0 Å². The number of anilines is 2. The maximum Gasteiger partial charge on any atom is 0.265 e. The number of rotatable bonds is 4. The Bertz CT molecular complexity index is 1210. The van der Waals surface area contributed by atoms with Crippen LogP contribution >= 0.6 is 0 Å². The van der Waals surface area contributed by atoms with E-state index in [1.165, 1.54) is 11.3 Å². The molecular formula is C28H29N3O3. The molecule has 0 spiro atoms. The normalized spacial score (nSPS) is 15.7. The molecule has 34 heavy (non-hydrogen) atoms. The molecule has 0 atom stereocenters. The van der Waals surface area contributed by atoms with Crippen molar-refractivity contribution in [1.29, 1.82) is 0 Å². The van der Waals surface area contributed by atoms with E-state index in [0.717, 1.165) is 35.7 Å². The number of hydrogen-bond acceptors (Lipinski definition) is 4. The van der Waals surface area contributed by atoms with Crippen LogP contribution in [0.1, 0.15) is 27.0 Å². The smallest absolute Gasteiger partial charge is 0.265 e. The van der Waals surface area contributed by atoms with Gasteiger partial charge in [0.1, 0.15) is 5.75 Å². The Morgan fingerprint density at radius 1 is 0.882 bits per heavy atom. The van der Waals surface area contributed by atoms with E-state index in [-0.39, 0.29) is 18.4 Å². The number of benzene rings is 3. The minimum atomic E-state index is -0.0650. The summed E-state index contributed by atoms with van der Waals surface area (Å²) in [6.45, 7) is 7.67. The van der Waals surface area contributed by atoms with E-state index in [1.54, 1.807) is 4.90 Å². The SMILES string of the molecule is Cc1ccc2c(c1)N(Cc1ccc(C(=O)N3CCN(c4ccccc4C)CC3)cc1)C(=O)CO2. The maximum absolute atomic E-state index is 13.1. The Morgan fingerprint density at radius 2 is 1.62 bits per heavy atom. The lowest BCUT2D eigenvalue weighted by molar-refractivity contribution is -0.121. The van der Waals surface area contributed by atoms with Crippen LogP contribution in [0.5, 0.6) is 5.75 Å². The molecule has 6 nitrogen and oxygen atoms in total. The summed E-state index contributed by atoms with van der Waals surface area (Å²) in [4.78, 5) is 31.7. The number of ether oxygens (including phenoxy) is 1. The van der Waals surface area contributed by atoms with Gasteiger partial charge in [0.25, 0.3) is 11.8 Å². The molecule has 6 heteroatoms. The molecule has 174 valence electrons. The van der Waals surface area contributed by atoms with Gasteiger partial charge in [-0.05, 0) is 60.9 Å². The number of carbonyl (C=O) groups excluding carboxylic acids is 2. The summed E-state index contributed by atoms with van der Waals surface area (Å²) in [5, 5.41) is 0. The second-order valence-electron chi connectivity index (χ2n) is 9.00. The van der Waals surface area contributed by atoms with Gasteiger partial charge in [0.15, 0.2) is 6.61 Å². The first kappa shape index (κ1) is 22.0. The number of para-hydroxylation sites is 1. The third kappa shape index (κ3) is 4.36. The topological polar surface area (TPSA) is 53.1 Å². The Labute approximate surface area is 200 Å². The minimum Gasteiger partial charge on any atom is -0.482 e. The molecule has 0 aliphatic carbocycles. The highest BCUT2D eigenvalue weighted by Crippen LogP contribution is 2.34. The van der Waals surface area contributed by atoms with Crippen molar-refractivity contribution in [1.82, 2.24) is 4.90 Å². The average Bonchev–Trinajstić information content (AvgIpc) is 2.86. The van der Waals surface area contributed by atoms with Crippen molar-refractivity contribution in [2.45, 2.75) is 20.4 Å². The number of hydrogen-bond donors (Lipinski definition) is 0. The monoisotopic (exact) mass is 455 g/mol. The second kappa shape index (κ2) is 9.21. The molecule has 0 unspecified atom stereocenters. The maximum atomic E-state index is 13.1. The summed E-state index contributed by atoms with van der Waals surface area (Å²) >= 11 is 0. The molecule has 0 bridgehead atoms. The van der Waals surface area contributed by atoms with Crippen LogP contribution in [0.4, 0.5) is 11.4 Å². The number of amides is 2. The van der Waals surface area contributed by atoms with Gasteiger partial charge in [-0.2, -0.15) is 0 Å². The molecule has 2 aliphatic rings. The summed E-state index contributed by atoms with van der Waals surface area (Å²) in [6, 6.07) is 21.9. The summed E-state index contributed by atoms with van der Waals surface area (Å²) in [6.07, 6.45) is 0. The molecule has 5 rings (SSSR count). The number of aryl methyl sites for hydroxylation is 2. The fourth-order valence-corrected chi connectivity index (χ4v) is 4.67. The van der Waals surface area contributed by atoms with Gasteiger partial charge >= 0.3 is 0 Å². The third-order valence-electron chi connectivity index (χ3n) is 6.62. The van der Waals surface area contributed by atoms with Gasteiger partial charge in [-0.25, -0.2) is 0 Å². The molecule has 0 radical (unpaired) electrons. The standard InChI is InChI=1S/C28H29N3O3/c1-20-7-12-26-25(17-20)31(27(32)19-34-26)18-22-8-10-23(11-9-22)28(33)30-15-13-29(14-16-30)24-6-4-3-5-21(24)2/h3-12,17H,13-16,18-19H2,1-2H3. The van der Waals surface area contributed by atoms with E-state index in [9.17, 15) is 9.59 Å². The van der Waals surface area contributed by atoms with Crippen molar-refractivity contribution in [2.24, 2.45) is 0 Å². The molecule has 0 N–H and O–H groups in total. The van der Waals surface area contributed by atoms with E-state index in [0.29, 0.717) is 25.2 Å². The Kier molecular flexibility index (Phi) is 5.97. The first-order valence-electron chi connectivity index (χ1n) is 11.7. The minimum absolute atomic E-state index is 0.0428. The van der Waals surface area contributed by atoms with E-state index in [4.69, 9.17) is 4.74 Å². The van der Waals surface area contributed by atoms with Gasteiger partial charge in [-0.1, -0.05) is 36.4 Å². The van der Waals surface area contributed by atoms with Gasteiger partial charge in [0, 0.05) is 37.4 Å². The lowest BCUT2D eigenvalue weighted by Gasteiger charge is -2.36. The van der Waals surface area contributed by atoms with Crippen molar-refractivity contribution in [3.05, 3.63) is 89.0 Å². The molecular weight excluding hydrogens is 426 g/mol. The summed E-state index contributed by atoms with van der Waals surface area (Å²) in [5.74, 6) is 0.714. The lowest BCUT2D eigenvalue weighted by Crippen LogP contribution is -2.49. The fourth-order valence-electron chi connectivity index (χ4n) is 4.67. The molecule has 0 aromatic heterocycles. The summed E-state index contributed by atoms with van der Waals surface area (Å²) in [5.41, 5.74) is 6.03. The Hall–Kier alpha value is -3.80. The fraction of sp³-hybridized carbons (Fsp3) is 0.286. The van der Waals surface area contributed by atoms with Crippen molar-refractivity contribution in [3.8, 4) is 5.75 Å². The van der Waals surface area contributed by atoms with Gasteiger partial charge in [-0.3, -0.25) is 9.59 Å². The van der Waals surface area contributed by atoms with Crippen LogP contribution in [-0.2, 0) is 11.3 Å². The number of nitrogens with zero attached hydrogens (tertiary/aromatic N) is 3. The quantitative estimate of drug-likeness (QED) is 0.592. The largest absolute Gasteiger partial charge is 0.482 e.